The minimum absolute atomic E-state index is 0.528. The number of methoxy groups -OCH3 is 2. The molecule has 0 aromatic carbocycles. The van der Waals surface area contributed by atoms with Gasteiger partial charge >= 0.3 is 0 Å². The Morgan fingerprint density at radius 1 is 1.22 bits per heavy atom. The van der Waals surface area contributed by atoms with Gasteiger partial charge in [0, 0.05) is 24.9 Å². The number of rotatable bonds is 5. The van der Waals surface area contributed by atoms with Crippen molar-refractivity contribution in [2.75, 3.05) is 20.0 Å². The number of aromatic nitrogens is 3. The monoisotopic (exact) mass is 248 g/mol. The molecule has 0 fully saturated rings. The summed E-state index contributed by atoms with van der Waals surface area (Å²) in [5, 5.41) is 4.13. The van der Waals surface area contributed by atoms with E-state index in [9.17, 15) is 0 Å². The number of hydrogen-bond donors (Lipinski definition) is 1. The maximum atomic E-state index is 5.56. The Hall–Kier alpha value is -2.24. The van der Waals surface area contributed by atoms with Gasteiger partial charge in [-0.15, -0.1) is 0 Å². The molecule has 0 saturated carbocycles. The number of nitrogens with zero attached hydrogens (tertiary/aromatic N) is 3. The van der Waals surface area contributed by atoms with Crippen LogP contribution in [0.4, 0.5) is 5.82 Å². The van der Waals surface area contributed by atoms with Crippen LogP contribution in [0.1, 0.15) is 5.56 Å². The summed E-state index contributed by atoms with van der Waals surface area (Å²) in [6, 6.07) is 5.54. The Morgan fingerprint density at radius 2 is 1.89 bits per heavy atom. The minimum atomic E-state index is 0.528. The van der Waals surface area contributed by atoms with Crippen molar-refractivity contribution in [1.29, 1.82) is 0 Å². The molecule has 2 N–H and O–H groups in total. The van der Waals surface area contributed by atoms with Crippen LogP contribution >= 0.6 is 0 Å². The minimum Gasteiger partial charge on any atom is -0.481 e. The number of pyridine rings is 1. The zero-order valence-corrected chi connectivity index (χ0v) is 10.5. The summed E-state index contributed by atoms with van der Waals surface area (Å²) in [6.45, 7) is 0.744. The lowest BCUT2D eigenvalue weighted by atomic mass is 10.2. The number of nitrogen functional groups attached to an aromatic ring is 1. The lowest BCUT2D eigenvalue weighted by Crippen LogP contribution is -2.03. The number of ether oxygens (including phenoxy) is 2. The first kappa shape index (κ1) is 12.2. The molecule has 0 spiro atoms. The van der Waals surface area contributed by atoms with Crippen LogP contribution in [0.25, 0.3) is 0 Å². The van der Waals surface area contributed by atoms with Crippen molar-refractivity contribution in [3.63, 3.8) is 0 Å². The van der Waals surface area contributed by atoms with Gasteiger partial charge in [0.1, 0.15) is 5.82 Å². The number of aryl methyl sites for hydroxylation is 2. The molecule has 96 valence electrons. The zero-order chi connectivity index (χ0) is 13.0. The van der Waals surface area contributed by atoms with Crippen LogP contribution < -0.4 is 15.2 Å². The normalized spacial score (nSPS) is 10.3. The lowest BCUT2D eigenvalue weighted by molar-refractivity contribution is 0.363. The van der Waals surface area contributed by atoms with Gasteiger partial charge in [-0.3, -0.25) is 4.68 Å². The first-order chi connectivity index (χ1) is 8.71. The summed E-state index contributed by atoms with van der Waals surface area (Å²) in [4.78, 5) is 4.14. The second kappa shape index (κ2) is 5.39. The van der Waals surface area contributed by atoms with Gasteiger partial charge in [-0.05, 0) is 18.1 Å². The first-order valence-corrected chi connectivity index (χ1v) is 5.59. The average Bonchev–Trinajstić information content (AvgIpc) is 2.81. The van der Waals surface area contributed by atoms with Crippen molar-refractivity contribution in [3.05, 3.63) is 30.0 Å². The molecular weight excluding hydrogens is 232 g/mol. The maximum Gasteiger partial charge on any atom is 0.216 e. The second-order valence-corrected chi connectivity index (χ2v) is 3.81. The van der Waals surface area contributed by atoms with Crippen LogP contribution in [0.15, 0.2) is 24.4 Å². The molecule has 2 heterocycles. The number of nitrogens with two attached hydrogens (primary N) is 1. The maximum absolute atomic E-state index is 5.56. The standard InChI is InChI=1S/C12H16N4O2/c1-17-11-7-9(8-12(14-11)18-2)3-5-16-6-4-10(13)15-16/h4,6-8H,3,5H2,1-2H3,(H2,13,15). The molecule has 18 heavy (non-hydrogen) atoms. The van der Waals surface area contributed by atoms with Crippen LogP contribution in [0, 0.1) is 0 Å². The van der Waals surface area contributed by atoms with Gasteiger partial charge in [0.2, 0.25) is 11.8 Å². The van der Waals surface area contributed by atoms with Gasteiger partial charge in [0.15, 0.2) is 0 Å². The fourth-order valence-corrected chi connectivity index (χ4v) is 1.63. The van der Waals surface area contributed by atoms with Crippen molar-refractivity contribution >= 4 is 5.82 Å². The van der Waals surface area contributed by atoms with E-state index in [1.54, 1.807) is 25.0 Å². The van der Waals surface area contributed by atoms with Crippen LogP contribution in [-0.2, 0) is 13.0 Å². The van der Waals surface area contributed by atoms with Crippen molar-refractivity contribution in [3.8, 4) is 11.8 Å². The predicted octanol–water partition coefficient (Wildman–Crippen LogP) is 1.12. The topological polar surface area (TPSA) is 75.2 Å². The van der Waals surface area contributed by atoms with Crippen molar-refractivity contribution in [1.82, 2.24) is 14.8 Å². The van der Waals surface area contributed by atoms with Crippen molar-refractivity contribution in [2.24, 2.45) is 0 Å². The molecule has 0 aliphatic rings. The van der Waals surface area contributed by atoms with E-state index in [0.29, 0.717) is 17.6 Å². The summed E-state index contributed by atoms with van der Waals surface area (Å²) in [7, 11) is 3.17. The highest BCUT2D eigenvalue weighted by molar-refractivity contribution is 5.28. The molecule has 0 saturated heterocycles. The van der Waals surface area contributed by atoms with E-state index >= 15 is 0 Å². The van der Waals surface area contributed by atoms with E-state index in [4.69, 9.17) is 15.2 Å². The summed E-state index contributed by atoms with van der Waals surface area (Å²) >= 11 is 0. The molecule has 6 nitrogen and oxygen atoms in total. The Kier molecular flexibility index (Phi) is 3.66. The molecule has 0 unspecified atom stereocenters. The third-order valence-corrected chi connectivity index (χ3v) is 2.55. The van der Waals surface area contributed by atoms with E-state index in [0.717, 1.165) is 18.5 Å². The molecule has 0 aliphatic heterocycles. The summed E-state index contributed by atoms with van der Waals surface area (Å²) in [6.07, 6.45) is 2.65. The van der Waals surface area contributed by atoms with Gasteiger partial charge in [0.25, 0.3) is 0 Å². The average molecular weight is 248 g/mol. The highest BCUT2D eigenvalue weighted by Crippen LogP contribution is 2.18. The number of hydrogen-bond acceptors (Lipinski definition) is 5. The zero-order valence-electron chi connectivity index (χ0n) is 10.5. The molecule has 0 bridgehead atoms. The lowest BCUT2D eigenvalue weighted by Gasteiger charge is -2.07. The number of anilines is 1. The first-order valence-electron chi connectivity index (χ1n) is 5.59. The summed E-state index contributed by atoms with van der Waals surface area (Å²) < 4.78 is 12.0. The smallest absolute Gasteiger partial charge is 0.216 e. The molecule has 0 amide bonds. The Morgan fingerprint density at radius 3 is 2.39 bits per heavy atom. The third-order valence-electron chi connectivity index (χ3n) is 2.55. The Balaban J connectivity index is 2.08. The van der Waals surface area contributed by atoms with E-state index < -0.39 is 0 Å². The molecule has 0 atom stereocenters. The third kappa shape index (κ3) is 2.91. The quantitative estimate of drug-likeness (QED) is 0.858. The van der Waals surface area contributed by atoms with E-state index in [-0.39, 0.29) is 0 Å². The molecule has 2 rings (SSSR count). The molecule has 0 aliphatic carbocycles. The summed E-state index contributed by atoms with van der Waals surface area (Å²) in [5.74, 6) is 1.62. The molecular formula is C12H16N4O2. The second-order valence-electron chi connectivity index (χ2n) is 3.81. The van der Waals surface area contributed by atoms with Gasteiger partial charge < -0.3 is 15.2 Å². The van der Waals surface area contributed by atoms with Gasteiger partial charge in [-0.2, -0.15) is 10.1 Å². The Labute approximate surface area is 105 Å². The fourth-order valence-electron chi connectivity index (χ4n) is 1.63. The van der Waals surface area contributed by atoms with Crippen LogP contribution in [-0.4, -0.2) is 29.0 Å². The molecule has 2 aromatic heterocycles. The molecule has 0 radical (unpaired) electrons. The Bertz CT molecular complexity index is 502. The van der Waals surface area contributed by atoms with Gasteiger partial charge in [-0.1, -0.05) is 0 Å². The van der Waals surface area contributed by atoms with E-state index in [2.05, 4.69) is 10.1 Å². The highest BCUT2D eigenvalue weighted by Gasteiger charge is 2.04. The largest absolute Gasteiger partial charge is 0.481 e. The van der Waals surface area contributed by atoms with Crippen molar-refractivity contribution < 1.29 is 9.47 Å². The SMILES string of the molecule is COc1cc(CCn2ccc(N)n2)cc(OC)n1. The van der Waals surface area contributed by atoms with E-state index in [1.165, 1.54) is 0 Å². The summed E-state index contributed by atoms with van der Waals surface area (Å²) in [5.41, 5.74) is 6.63. The molecule has 2 aromatic rings. The van der Waals surface area contributed by atoms with Gasteiger partial charge in [0.05, 0.1) is 14.2 Å². The van der Waals surface area contributed by atoms with Crippen LogP contribution in [0.3, 0.4) is 0 Å². The highest BCUT2D eigenvalue weighted by atomic mass is 16.5. The predicted molar refractivity (Wildman–Crippen MR) is 67.7 cm³/mol. The van der Waals surface area contributed by atoms with Crippen LogP contribution in [0.2, 0.25) is 0 Å². The van der Waals surface area contributed by atoms with Crippen molar-refractivity contribution in [2.45, 2.75) is 13.0 Å². The van der Waals surface area contributed by atoms with Gasteiger partial charge in [-0.25, -0.2) is 0 Å². The van der Waals surface area contributed by atoms with E-state index in [1.807, 2.05) is 18.3 Å². The fraction of sp³-hybridized carbons (Fsp3) is 0.333. The van der Waals surface area contributed by atoms with Crippen LogP contribution in [0.5, 0.6) is 11.8 Å². The molecule has 6 heteroatoms.